The molecule has 0 atom stereocenters. The van der Waals surface area contributed by atoms with Crippen molar-refractivity contribution in [1.29, 1.82) is 0 Å². The summed E-state index contributed by atoms with van der Waals surface area (Å²) in [5.41, 5.74) is 0.765. The van der Waals surface area contributed by atoms with E-state index in [1.807, 2.05) is 19.9 Å². The molecule has 0 aromatic carbocycles. The molecular formula is C21H36N2O3. The predicted molar refractivity (Wildman–Crippen MR) is 107 cm³/mol. The Morgan fingerprint density at radius 1 is 1.19 bits per heavy atom. The summed E-state index contributed by atoms with van der Waals surface area (Å²) in [6, 6.07) is 1.90. The number of carbonyl (C=O) groups excluding carboxylic acids is 1. The summed E-state index contributed by atoms with van der Waals surface area (Å²) < 4.78 is 11.6. The zero-order valence-corrected chi connectivity index (χ0v) is 17.5. The molecule has 0 aliphatic rings. The standard InChI is InChI=1S/C21H36N2O3/c1-8-10-25-19-17(7)11-18(14-22-19)23-20(24)21(26-9-2,12-15(3)4)13-16(5)6/h11,14-16H,8-10,12-13H2,1-7H3,(H,23,24). The van der Waals surface area contributed by atoms with Crippen molar-refractivity contribution in [2.75, 3.05) is 18.5 Å². The molecule has 0 spiro atoms. The van der Waals surface area contributed by atoms with Crippen LogP contribution in [0.15, 0.2) is 12.3 Å². The van der Waals surface area contributed by atoms with E-state index in [1.165, 1.54) is 0 Å². The van der Waals surface area contributed by atoms with Crippen LogP contribution in [-0.4, -0.2) is 29.7 Å². The van der Waals surface area contributed by atoms with Crippen molar-refractivity contribution in [3.05, 3.63) is 17.8 Å². The van der Waals surface area contributed by atoms with Crippen LogP contribution in [-0.2, 0) is 9.53 Å². The predicted octanol–water partition coefficient (Wildman–Crippen LogP) is 4.98. The number of amides is 1. The number of nitrogens with zero attached hydrogens (tertiary/aromatic N) is 1. The number of anilines is 1. The highest BCUT2D eigenvalue weighted by Gasteiger charge is 2.40. The Morgan fingerprint density at radius 3 is 2.27 bits per heavy atom. The van der Waals surface area contributed by atoms with Gasteiger partial charge in [0.05, 0.1) is 18.5 Å². The zero-order valence-electron chi connectivity index (χ0n) is 17.5. The normalized spacial score (nSPS) is 11.9. The van der Waals surface area contributed by atoms with Gasteiger partial charge in [0, 0.05) is 12.2 Å². The smallest absolute Gasteiger partial charge is 0.256 e. The maximum Gasteiger partial charge on any atom is 0.256 e. The molecule has 26 heavy (non-hydrogen) atoms. The molecule has 1 aromatic rings. The topological polar surface area (TPSA) is 60.5 Å². The second kappa shape index (κ2) is 10.5. The Morgan fingerprint density at radius 2 is 1.81 bits per heavy atom. The first kappa shape index (κ1) is 22.4. The third kappa shape index (κ3) is 6.60. The lowest BCUT2D eigenvalue weighted by molar-refractivity contribution is -0.146. The fourth-order valence-corrected chi connectivity index (χ4v) is 3.27. The van der Waals surface area contributed by atoms with Gasteiger partial charge >= 0.3 is 0 Å². The van der Waals surface area contributed by atoms with E-state index < -0.39 is 5.60 Å². The molecule has 5 nitrogen and oxygen atoms in total. The summed E-state index contributed by atoms with van der Waals surface area (Å²) in [5, 5.41) is 3.02. The van der Waals surface area contributed by atoms with Crippen LogP contribution in [0.25, 0.3) is 0 Å². The average molecular weight is 365 g/mol. The summed E-state index contributed by atoms with van der Waals surface area (Å²) >= 11 is 0. The molecule has 5 heteroatoms. The van der Waals surface area contributed by atoms with Gasteiger partial charge in [0.2, 0.25) is 5.88 Å². The van der Waals surface area contributed by atoms with E-state index in [4.69, 9.17) is 9.47 Å². The summed E-state index contributed by atoms with van der Waals surface area (Å²) in [7, 11) is 0. The van der Waals surface area contributed by atoms with Crippen LogP contribution in [0.1, 0.15) is 66.4 Å². The van der Waals surface area contributed by atoms with E-state index in [1.54, 1.807) is 6.20 Å². The first-order valence-electron chi connectivity index (χ1n) is 9.78. The Kier molecular flexibility index (Phi) is 9.06. The Balaban J connectivity index is 3.02. The lowest BCUT2D eigenvalue weighted by Crippen LogP contribution is -2.47. The highest BCUT2D eigenvalue weighted by Crippen LogP contribution is 2.31. The van der Waals surface area contributed by atoms with E-state index in [2.05, 4.69) is 44.9 Å². The molecule has 0 unspecified atom stereocenters. The molecule has 0 fully saturated rings. The number of ether oxygens (including phenoxy) is 2. The molecule has 0 aliphatic carbocycles. The van der Waals surface area contributed by atoms with Gasteiger partial charge in [0.1, 0.15) is 5.60 Å². The fraction of sp³-hybridized carbons (Fsp3) is 0.714. The van der Waals surface area contributed by atoms with Crippen molar-refractivity contribution in [1.82, 2.24) is 4.98 Å². The largest absolute Gasteiger partial charge is 0.477 e. The van der Waals surface area contributed by atoms with Crippen molar-refractivity contribution >= 4 is 11.6 Å². The van der Waals surface area contributed by atoms with Gasteiger partial charge in [-0.1, -0.05) is 34.6 Å². The summed E-state index contributed by atoms with van der Waals surface area (Å²) in [6.45, 7) is 15.5. The second-order valence-corrected chi connectivity index (χ2v) is 7.77. The first-order valence-corrected chi connectivity index (χ1v) is 9.78. The van der Waals surface area contributed by atoms with Crippen LogP contribution in [0.5, 0.6) is 5.88 Å². The molecular weight excluding hydrogens is 328 g/mol. The van der Waals surface area contributed by atoms with Crippen molar-refractivity contribution in [3.8, 4) is 5.88 Å². The molecule has 0 aliphatic heterocycles. The summed E-state index contributed by atoms with van der Waals surface area (Å²) in [4.78, 5) is 17.5. The Labute approximate surface area is 158 Å². The van der Waals surface area contributed by atoms with Crippen LogP contribution in [0.4, 0.5) is 5.69 Å². The van der Waals surface area contributed by atoms with Gasteiger partial charge in [0.25, 0.3) is 5.91 Å². The molecule has 0 radical (unpaired) electrons. The van der Waals surface area contributed by atoms with Crippen LogP contribution in [0.3, 0.4) is 0 Å². The van der Waals surface area contributed by atoms with Gasteiger partial charge < -0.3 is 14.8 Å². The van der Waals surface area contributed by atoms with Gasteiger partial charge in [0.15, 0.2) is 0 Å². The van der Waals surface area contributed by atoms with Crippen LogP contribution in [0, 0.1) is 18.8 Å². The third-order valence-corrected chi connectivity index (χ3v) is 4.04. The third-order valence-electron chi connectivity index (χ3n) is 4.04. The highest BCUT2D eigenvalue weighted by molar-refractivity contribution is 5.97. The van der Waals surface area contributed by atoms with Gasteiger partial charge in [-0.15, -0.1) is 0 Å². The molecule has 1 aromatic heterocycles. The summed E-state index contributed by atoms with van der Waals surface area (Å²) in [5.74, 6) is 1.24. The number of pyridine rings is 1. The fourth-order valence-electron chi connectivity index (χ4n) is 3.27. The number of aromatic nitrogens is 1. The molecule has 0 bridgehead atoms. The van der Waals surface area contributed by atoms with Crippen LogP contribution >= 0.6 is 0 Å². The van der Waals surface area contributed by atoms with Crippen LogP contribution in [0.2, 0.25) is 0 Å². The maximum atomic E-state index is 13.2. The van der Waals surface area contributed by atoms with Crippen molar-refractivity contribution in [2.24, 2.45) is 11.8 Å². The number of hydrogen-bond acceptors (Lipinski definition) is 4. The average Bonchev–Trinajstić information content (AvgIpc) is 2.53. The molecule has 148 valence electrons. The number of hydrogen-bond donors (Lipinski definition) is 1. The van der Waals surface area contributed by atoms with E-state index in [-0.39, 0.29) is 5.91 Å². The minimum atomic E-state index is -0.817. The van der Waals surface area contributed by atoms with Gasteiger partial charge in [-0.25, -0.2) is 4.98 Å². The number of nitrogens with one attached hydrogen (secondary N) is 1. The van der Waals surface area contributed by atoms with Crippen LogP contribution < -0.4 is 10.1 Å². The van der Waals surface area contributed by atoms with E-state index >= 15 is 0 Å². The van der Waals surface area contributed by atoms with E-state index in [0.717, 1.165) is 12.0 Å². The molecule has 1 rings (SSSR count). The number of carbonyl (C=O) groups is 1. The van der Waals surface area contributed by atoms with Gasteiger partial charge in [-0.2, -0.15) is 0 Å². The molecule has 0 saturated heterocycles. The van der Waals surface area contributed by atoms with Gasteiger partial charge in [-0.05, 0) is 51.0 Å². The molecule has 1 N–H and O–H groups in total. The molecule has 0 saturated carbocycles. The second-order valence-electron chi connectivity index (χ2n) is 7.77. The number of aryl methyl sites for hydroxylation is 1. The SMILES string of the molecule is CCCOc1ncc(NC(=O)C(CC(C)C)(CC(C)C)OCC)cc1C. The van der Waals surface area contributed by atoms with Crippen molar-refractivity contribution < 1.29 is 14.3 Å². The maximum absolute atomic E-state index is 13.2. The number of rotatable bonds is 11. The first-order chi connectivity index (χ1) is 12.2. The van der Waals surface area contributed by atoms with E-state index in [9.17, 15) is 4.79 Å². The minimum Gasteiger partial charge on any atom is -0.477 e. The van der Waals surface area contributed by atoms with Crippen molar-refractivity contribution in [3.63, 3.8) is 0 Å². The molecule has 1 heterocycles. The molecule has 1 amide bonds. The Hall–Kier alpha value is -1.62. The lowest BCUT2D eigenvalue weighted by atomic mass is 9.83. The van der Waals surface area contributed by atoms with E-state index in [0.29, 0.717) is 49.5 Å². The monoisotopic (exact) mass is 364 g/mol. The quantitative estimate of drug-likeness (QED) is 0.601. The van der Waals surface area contributed by atoms with Crippen molar-refractivity contribution in [2.45, 2.75) is 73.3 Å². The zero-order chi connectivity index (χ0) is 19.7. The minimum absolute atomic E-state index is 0.0924. The highest BCUT2D eigenvalue weighted by atomic mass is 16.5. The lowest BCUT2D eigenvalue weighted by Gasteiger charge is -2.35. The van der Waals surface area contributed by atoms with Gasteiger partial charge in [-0.3, -0.25) is 4.79 Å². The Bertz CT molecular complexity index is 560. The summed E-state index contributed by atoms with van der Waals surface area (Å²) in [6.07, 6.45) is 3.96.